The predicted molar refractivity (Wildman–Crippen MR) is 118 cm³/mol. The molecule has 1 amide bonds. The van der Waals surface area contributed by atoms with Gasteiger partial charge in [0.15, 0.2) is 0 Å². The first-order chi connectivity index (χ1) is 13.7. The summed E-state index contributed by atoms with van der Waals surface area (Å²) in [6.07, 6.45) is 0. The molecule has 1 aliphatic rings. The fourth-order valence-corrected chi connectivity index (χ4v) is 5.53. The van der Waals surface area contributed by atoms with E-state index in [4.69, 9.17) is 0 Å². The number of carbonyl (C=O) groups excluding carboxylic acids is 1. The molecule has 1 saturated heterocycles. The minimum Gasteiger partial charge on any atom is -0.324 e. The molecule has 1 unspecified atom stereocenters. The van der Waals surface area contributed by atoms with Crippen molar-refractivity contribution in [1.29, 1.82) is 0 Å². The lowest BCUT2D eigenvalue weighted by molar-refractivity contribution is -0.121. The molecule has 3 rings (SSSR count). The van der Waals surface area contributed by atoms with E-state index in [0.717, 1.165) is 21.3 Å². The smallest absolute Gasteiger partial charge is 0.243 e. The number of aryl methyl sites for hydroxylation is 2. The van der Waals surface area contributed by atoms with Gasteiger partial charge in [-0.1, -0.05) is 40.2 Å². The van der Waals surface area contributed by atoms with Crippen LogP contribution >= 0.6 is 15.9 Å². The van der Waals surface area contributed by atoms with Crippen LogP contribution in [0.5, 0.6) is 0 Å². The minimum atomic E-state index is -3.54. The Balaban J connectivity index is 1.63. The molecule has 6 nitrogen and oxygen atoms in total. The first-order valence-corrected chi connectivity index (χ1v) is 11.8. The van der Waals surface area contributed by atoms with Gasteiger partial charge >= 0.3 is 0 Å². The number of nitrogens with one attached hydrogen (secondary N) is 1. The summed E-state index contributed by atoms with van der Waals surface area (Å²) in [5, 5.41) is 3.03. The first-order valence-electron chi connectivity index (χ1n) is 9.57. The van der Waals surface area contributed by atoms with Crippen molar-refractivity contribution in [3.8, 4) is 0 Å². The predicted octanol–water partition coefficient (Wildman–Crippen LogP) is 3.40. The molecule has 1 atom stereocenters. The largest absolute Gasteiger partial charge is 0.324 e. The summed E-state index contributed by atoms with van der Waals surface area (Å²) in [4.78, 5) is 15.1. The summed E-state index contributed by atoms with van der Waals surface area (Å²) >= 11 is 3.32. The topological polar surface area (TPSA) is 69.7 Å². The lowest BCUT2D eigenvalue weighted by Gasteiger charge is -2.36. The van der Waals surface area contributed by atoms with Crippen LogP contribution in [0.25, 0.3) is 0 Å². The number of anilines is 1. The Kier molecular flexibility index (Phi) is 6.78. The van der Waals surface area contributed by atoms with Crippen LogP contribution in [0.4, 0.5) is 5.69 Å². The molecule has 2 aromatic carbocycles. The summed E-state index contributed by atoms with van der Waals surface area (Å²) < 4.78 is 28.0. The highest BCUT2D eigenvalue weighted by Crippen LogP contribution is 2.23. The second kappa shape index (κ2) is 8.95. The van der Waals surface area contributed by atoms with Crippen LogP contribution in [0, 0.1) is 13.8 Å². The molecule has 29 heavy (non-hydrogen) atoms. The van der Waals surface area contributed by atoms with Crippen molar-refractivity contribution in [2.24, 2.45) is 0 Å². The summed E-state index contributed by atoms with van der Waals surface area (Å²) in [6.45, 7) is 7.54. The van der Waals surface area contributed by atoms with Gasteiger partial charge in [-0.05, 0) is 50.1 Å². The number of rotatable bonds is 5. The highest BCUT2D eigenvalue weighted by atomic mass is 79.9. The molecule has 156 valence electrons. The summed E-state index contributed by atoms with van der Waals surface area (Å²) in [5.74, 6) is -0.0781. The zero-order valence-corrected chi connectivity index (χ0v) is 19.3. The van der Waals surface area contributed by atoms with Crippen LogP contribution < -0.4 is 5.32 Å². The molecule has 1 aliphatic heterocycles. The van der Waals surface area contributed by atoms with E-state index >= 15 is 0 Å². The molecule has 0 spiro atoms. The maximum Gasteiger partial charge on any atom is 0.243 e. The molecule has 0 saturated carbocycles. The second-order valence-electron chi connectivity index (χ2n) is 7.33. The van der Waals surface area contributed by atoms with Crippen molar-refractivity contribution in [3.63, 3.8) is 0 Å². The highest BCUT2D eigenvalue weighted by molar-refractivity contribution is 9.10. The molecular formula is C21H26BrN3O3S. The van der Waals surface area contributed by atoms with Gasteiger partial charge in [0.25, 0.3) is 0 Å². The Morgan fingerprint density at radius 1 is 1.03 bits per heavy atom. The maximum absolute atomic E-state index is 12.9. The van der Waals surface area contributed by atoms with Gasteiger partial charge in [0.1, 0.15) is 0 Å². The van der Waals surface area contributed by atoms with Crippen LogP contribution in [-0.2, 0) is 14.8 Å². The second-order valence-corrected chi connectivity index (χ2v) is 10.2. The minimum absolute atomic E-state index is 0.0781. The molecule has 0 aliphatic carbocycles. The third-order valence-corrected chi connectivity index (χ3v) is 7.75. The van der Waals surface area contributed by atoms with Crippen molar-refractivity contribution in [2.45, 2.75) is 31.7 Å². The molecule has 0 aromatic heterocycles. The van der Waals surface area contributed by atoms with Crippen molar-refractivity contribution in [3.05, 3.63) is 58.1 Å². The van der Waals surface area contributed by atoms with E-state index in [-0.39, 0.29) is 16.8 Å². The molecule has 2 aromatic rings. The molecule has 0 radical (unpaired) electrons. The fourth-order valence-electron chi connectivity index (χ4n) is 3.51. The standard InChI is InChI=1S/C21H26BrN3O3S/c1-15-6-4-7-16(2)20(15)23-21(26)17(3)24-10-12-25(13-11-24)29(27,28)19-9-5-8-18(22)14-19/h4-9,14,17H,10-13H2,1-3H3,(H,23,26). The Bertz CT molecular complexity index is 982. The van der Waals surface area contributed by atoms with E-state index in [2.05, 4.69) is 21.2 Å². The van der Waals surface area contributed by atoms with E-state index in [1.165, 1.54) is 4.31 Å². The van der Waals surface area contributed by atoms with Crippen LogP contribution in [0.3, 0.4) is 0 Å². The van der Waals surface area contributed by atoms with E-state index in [9.17, 15) is 13.2 Å². The van der Waals surface area contributed by atoms with Crippen molar-refractivity contribution in [1.82, 2.24) is 9.21 Å². The summed E-state index contributed by atoms with van der Waals surface area (Å²) in [6, 6.07) is 12.3. The number of piperazine rings is 1. The average molecular weight is 480 g/mol. The molecular weight excluding hydrogens is 454 g/mol. The fraction of sp³-hybridized carbons (Fsp3) is 0.381. The third kappa shape index (κ3) is 4.88. The van der Waals surface area contributed by atoms with Gasteiger partial charge in [-0.15, -0.1) is 0 Å². The van der Waals surface area contributed by atoms with E-state index in [1.807, 2.05) is 43.9 Å². The number of para-hydroxylation sites is 1. The van der Waals surface area contributed by atoms with E-state index in [1.54, 1.807) is 24.3 Å². The van der Waals surface area contributed by atoms with E-state index < -0.39 is 10.0 Å². The van der Waals surface area contributed by atoms with Crippen LogP contribution in [0.1, 0.15) is 18.1 Å². The summed E-state index contributed by atoms with van der Waals surface area (Å²) in [7, 11) is -3.54. The number of benzene rings is 2. The van der Waals surface area contributed by atoms with Gasteiger partial charge in [-0.3, -0.25) is 9.69 Å². The van der Waals surface area contributed by atoms with Crippen molar-refractivity contribution in [2.75, 3.05) is 31.5 Å². The molecule has 1 fully saturated rings. The van der Waals surface area contributed by atoms with Gasteiger partial charge in [-0.25, -0.2) is 8.42 Å². The maximum atomic E-state index is 12.9. The Labute approximate surface area is 181 Å². The monoisotopic (exact) mass is 479 g/mol. The Morgan fingerprint density at radius 2 is 1.62 bits per heavy atom. The van der Waals surface area contributed by atoms with E-state index in [0.29, 0.717) is 26.2 Å². The summed E-state index contributed by atoms with van der Waals surface area (Å²) in [5.41, 5.74) is 2.89. The first kappa shape index (κ1) is 22.0. The van der Waals surface area contributed by atoms with Gasteiger partial charge < -0.3 is 5.32 Å². The molecule has 8 heteroatoms. The number of amides is 1. The average Bonchev–Trinajstić information content (AvgIpc) is 2.70. The zero-order valence-electron chi connectivity index (χ0n) is 16.9. The number of hydrogen-bond acceptors (Lipinski definition) is 4. The van der Waals surface area contributed by atoms with Crippen molar-refractivity contribution >= 4 is 37.5 Å². The molecule has 1 N–H and O–H groups in total. The van der Waals surface area contributed by atoms with Crippen LogP contribution in [-0.4, -0.2) is 55.8 Å². The van der Waals surface area contributed by atoms with Gasteiger partial charge in [0.05, 0.1) is 10.9 Å². The third-order valence-electron chi connectivity index (χ3n) is 5.36. The lowest BCUT2D eigenvalue weighted by atomic mass is 10.1. The van der Waals surface area contributed by atoms with Crippen LogP contribution in [0.2, 0.25) is 0 Å². The molecule has 0 bridgehead atoms. The van der Waals surface area contributed by atoms with Crippen molar-refractivity contribution < 1.29 is 13.2 Å². The number of nitrogens with zero attached hydrogens (tertiary/aromatic N) is 2. The van der Waals surface area contributed by atoms with Gasteiger partial charge in [0, 0.05) is 36.3 Å². The zero-order chi connectivity index (χ0) is 21.2. The number of hydrogen-bond donors (Lipinski definition) is 1. The van der Waals surface area contributed by atoms with Gasteiger partial charge in [-0.2, -0.15) is 4.31 Å². The molecule has 1 heterocycles. The number of sulfonamides is 1. The Hall–Kier alpha value is -1.74. The SMILES string of the molecule is Cc1cccc(C)c1NC(=O)C(C)N1CCN(S(=O)(=O)c2cccc(Br)c2)CC1. The number of carbonyl (C=O) groups is 1. The highest BCUT2D eigenvalue weighted by Gasteiger charge is 2.32. The normalized spacial score (nSPS) is 17.1. The number of halogens is 1. The Morgan fingerprint density at radius 3 is 2.21 bits per heavy atom. The quantitative estimate of drug-likeness (QED) is 0.713. The van der Waals surface area contributed by atoms with Crippen LogP contribution in [0.15, 0.2) is 51.8 Å². The lowest BCUT2D eigenvalue weighted by Crippen LogP contribution is -2.53. The van der Waals surface area contributed by atoms with Gasteiger partial charge in [0.2, 0.25) is 15.9 Å².